The molecule has 1 N–H and O–H groups in total. The zero-order valence-electron chi connectivity index (χ0n) is 17.0. The summed E-state index contributed by atoms with van der Waals surface area (Å²) in [6.07, 6.45) is 1.52. The molecule has 158 valence electrons. The molecule has 3 amide bonds. The van der Waals surface area contributed by atoms with Gasteiger partial charge in [0.15, 0.2) is 5.13 Å². The molecule has 1 spiro atoms. The summed E-state index contributed by atoms with van der Waals surface area (Å²) in [5, 5.41) is 4.66. The highest BCUT2D eigenvalue weighted by atomic mass is 32.1. The number of carbonyl (C=O) groups is 3. The van der Waals surface area contributed by atoms with Crippen LogP contribution in [0.4, 0.5) is 5.13 Å². The number of nitrogens with one attached hydrogen (secondary N) is 1. The normalized spacial score (nSPS) is 20.9. The molecule has 0 radical (unpaired) electrons. The molecule has 1 aromatic heterocycles. The number of nitrogens with zero attached hydrogens (tertiary/aromatic N) is 3. The summed E-state index contributed by atoms with van der Waals surface area (Å²) in [6.45, 7) is 4.85. The SMILES string of the molecule is CC(=O)Nc1nc(C(=O)N2CCCC3(CN(C(C)=O)Cc4ccccc4O3)C2)cs1. The molecule has 0 aliphatic carbocycles. The van der Waals surface area contributed by atoms with Gasteiger partial charge < -0.3 is 19.9 Å². The highest BCUT2D eigenvalue weighted by Gasteiger charge is 2.43. The van der Waals surface area contributed by atoms with Crippen LogP contribution in [0, 0.1) is 0 Å². The van der Waals surface area contributed by atoms with Gasteiger partial charge in [-0.25, -0.2) is 4.98 Å². The number of thiazole rings is 1. The molecule has 0 saturated carbocycles. The van der Waals surface area contributed by atoms with Crippen LogP contribution in [-0.2, 0) is 16.1 Å². The first kappa shape index (κ1) is 20.3. The van der Waals surface area contributed by atoms with Crippen molar-refractivity contribution < 1.29 is 19.1 Å². The van der Waals surface area contributed by atoms with Gasteiger partial charge in [0.2, 0.25) is 11.8 Å². The molecule has 30 heavy (non-hydrogen) atoms. The van der Waals surface area contributed by atoms with Crippen LogP contribution < -0.4 is 10.1 Å². The molecule has 3 heterocycles. The Balaban J connectivity index is 1.58. The van der Waals surface area contributed by atoms with Gasteiger partial charge in [0.05, 0.1) is 13.1 Å². The van der Waals surface area contributed by atoms with Crippen molar-refractivity contribution >= 4 is 34.2 Å². The summed E-state index contributed by atoms with van der Waals surface area (Å²) in [5.74, 6) is 0.322. The van der Waals surface area contributed by atoms with Gasteiger partial charge in [0.25, 0.3) is 5.91 Å². The summed E-state index contributed by atoms with van der Waals surface area (Å²) in [5.41, 5.74) is 0.605. The summed E-state index contributed by atoms with van der Waals surface area (Å²) in [6, 6.07) is 7.74. The quantitative estimate of drug-likeness (QED) is 0.794. The van der Waals surface area contributed by atoms with Crippen LogP contribution in [-0.4, -0.2) is 57.7 Å². The van der Waals surface area contributed by atoms with E-state index in [4.69, 9.17) is 4.74 Å². The Morgan fingerprint density at radius 2 is 1.93 bits per heavy atom. The lowest BCUT2D eigenvalue weighted by Gasteiger charge is -2.43. The maximum atomic E-state index is 13.1. The molecular weight excluding hydrogens is 404 g/mol. The van der Waals surface area contributed by atoms with E-state index in [1.54, 1.807) is 22.1 Å². The Morgan fingerprint density at radius 1 is 1.17 bits per heavy atom. The van der Waals surface area contributed by atoms with Gasteiger partial charge in [-0.3, -0.25) is 14.4 Å². The van der Waals surface area contributed by atoms with Crippen LogP contribution in [0.5, 0.6) is 5.75 Å². The molecule has 2 aromatic rings. The smallest absolute Gasteiger partial charge is 0.273 e. The van der Waals surface area contributed by atoms with Gasteiger partial charge >= 0.3 is 0 Å². The van der Waals surface area contributed by atoms with E-state index < -0.39 is 5.60 Å². The topological polar surface area (TPSA) is 91.8 Å². The maximum Gasteiger partial charge on any atom is 0.273 e. The molecule has 0 bridgehead atoms. The molecule has 1 unspecified atom stereocenters. The first-order valence-corrected chi connectivity index (χ1v) is 10.8. The Kier molecular flexibility index (Phi) is 5.46. The standard InChI is InChI=1S/C21H24N4O4S/c1-14(26)22-20-23-17(11-30-20)19(28)24-9-5-8-21(12-24)13-25(15(2)27)10-16-6-3-4-7-18(16)29-21/h3-4,6-7,11H,5,8-10,12-13H2,1-2H3,(H,22,23,26). The minimum Gasteiger partial charge on any atom is -0.483 e. The van der Waals surface area contributed by atoms with Crippen molar-refractivity contribution in [2.45, 2.75) is 38.8 Å². The van der Waals surface area contributed by atoms with E-state index in [0.717, 1.165) is 24.2 Å². The maximum absolute atomic E-state index is 13.1. The molecule has 4 rings (SSSR count). The van der Waals surface area contributed by atoms with Crippen LogP contribution in [0.3, 0.4) is 0 Å². The number of benzene rings is 1. The summed E-state index contributed by atoms with van der Waals surface area (Å²) in [4.78, 5) is 44.4. The molecule has 1 fully saturated rings. The van der Waals surface area contributed by atoms with Crippen LogP contribution in [0.1, 0.15) is 42.7 Å². The molecule has 1 aromatic carbocycles. The fraction of sp³-hybridized carbons (Fsp3) is 0.429. The lowest BCUT2D eigenvalue weighted by atomic mass is 9.91. The van der Waals surface area contributed by atoms with Gasteiger partial charge in [0, 0.05) is 37.9 Å². The number of aromatic nitrogens is 1. The van der Waals surface area contributed by atoms with E-state index in [1.165, 1.54) is 18.3 Å². The van der Waals surface area contributed by atoms with Crippen molar-refractivity contribution in [2.75, 3.05) is 25.0 Å². The van der Waals surface area contributed by atoms with E-state index in [1.807, 2.05) is 24.3 Å². The van der Waals surface area contributed by atoms with Crippen molar-refractivity contribution in [1.29, 1.82) is 0 Å². The number of hydrogen-bond acceptors (Lipinski definition) is 6. The monoisotopic (exact) mass is 428 g/mol. The molecule has 2 aliphatic rings. The highest BCUT2D eigenvalue weighted by Crippen LogP contribution is 2.35. The summed E-state index contributed by atoms with van der Waals surface area (Å²) < 4.78 is 6.48. The van der Waals surface area contributed by atoms with Gasteiger partial charge in [-0.2, -0.15) is 0 Å². The Hall–Kier alpha value is -2.94. The Bertz CT molecular complexity index is 991. The van der Waals surface area contributed by atoms with E-state index in [0.29, 0.717) is 37.0 Å². The lowest BCUT2D eigenvalue weighted by molar-refractivity contribution is -0.132. The number of ether oxygens (including phenoxy) is 1. The van der Waals surface area contributed by atoms with Gasteiger partial charge in [0.1, 0.15) is 17.0 Å². The van der Waals surface area contributed by atoms with Crippen LogP contribution in [0.15, 0.2) is 29.6 Å². The highest BCUT2D eigenvalue weighted by molar-refractivity contribution is 7.14. The number of fused-ring (bicyclic) bond motifs is 1. The van der Waals surface area contributed by atoms with Crippen LogP contribution >= 0.6 is 11.3 Å². The van der Waals surface area contributed by atoms with E-state index in [9.17, 15) is 14.4 Å². The van der Waals surface area contributed by atoms with Crippen LogP contribution in [0.25, 0.3) is 0 Å². The van der Waals surface area contributed by atoms with Gasteiger partial charge in [-0.15, -0.1) is 11.3 Å². The largest absolute Gasteiger partial charge is 0.483 e. The number of rotatable bonds is 2. The lowest BCUT2D eigenvalue weighted by Crippen LogP contribution is -2.58. The Morgan fingerprint density at radius 3 is 2.70 bits per heavy atom. The fourth-order valence-electron chi connectivity index (χ4n) is 4.06. The number of carbonyl (C=O) groups excluding carboxylic acids is 3. The van der Waals surface area contributed by atoms with Crippen LogP contribution in [0.2, 0.25) is 0 Å². The van der Waals surface area contributed by atoms with Crippen molar-refractivity contribution in [2.24, 2.45) is 0 Å². The zero-order chi connectivity index (χ0) is 21.3. The predicted molar refractivity (Wildman–Crippen MR) is 112 cm³/mol. The van der Waals surface area contributed by atoms with E-state index in [-0.39, 0.29) is 17.7 Å². The number of piperidine rings is 1. The number of para-hydroxylation sites is 1. The number of hydrogen-bond donors (Lipinski definition) is 1. The molecule has 1 atom stereocenters. The second kappa shape index (κ2) is 8.06. The molecule has 2 aliphatic heterocycles. The second-order valence-corrected chi connectivity index (χ2v) is 8.68. The zero-order valence-corrected chi connectivity index (χ0v) is 17.8. The average molecular weight is 429 g/mol. The third kappa shape index (κ3) is 4.16. The van der Waals surface area contributed by atoms with Gasteiger partial charge in [-0.05, 0) is 18.9 Å². The van der Waals surface area contributed by atoms with Crippen molar-refractivity contribution in [3.63, 3.8) is 0 Å². The predicted octanol–water partition coefficient (Wildman–Crippen LogP) is 2.52. The number of likely N-dealkylation sites (tertiary alicyclic amines) is 1. The number of amides is 3. The number of anilines is 1. The minimum absolute atomic E-state index is 0.0161. The molecule has 1 saturated heterocycles. The van der Waals surface area contributed by atoms with Gasteiger partial charge in [-0.1, -0.05) is 18.2 Å². The van der Waals surface area contributed by atoms with E-state index in [2.05, 4.69) is 10.3 Å². The first-order valence-electron chi connectivity index (χ1n) is 9.90. The third-order valence-corrected chi connectivity index (χ3v) is 6.18. The average Bonchev–Trinajstić information content (AvgIpc) is 3.09. The second-order valence-electron chi connectivity index (χ2n) is 7.82. The first-order chi connectivity index (χ1) is 14.3. The van der Waals surface area contributed by atoms with Crippen molar-refractivity contribution in [3.8, 4) is 5.75 Å². The molecule has 8 nitrogen and oxygen atoms in total. The third-order valence-electron chi connectivity index (χ3n) is 5.42. The van der Waals surface area contributed by atoms with E-state index >= 15 is 0 Å². The molecular formula is C21H24N4O4S. The minimum atomic E-state index is -0.664. The van der Waals surface area contributed by atoms with Crippen molar-refractivity contribution in [1.82, 2.24) is 14.8 Å². The molecule has 9 heteroatoms. The Labute approximate surface area is 178 Å². The fourth-order valence-corrected chi connectivity index (χ4v) is 4.79. The summed E-state index contributed by atoms with van der Waals surface area (Å²) in [7, 11) is 0. The van der Waals surface area contributed by atoms with Crippen molar-refractivity contribution in [3.05, 3.63) is 40.9 Å². The summed E-state index contributed by atoms with van der Waals surface area (Å²) >= 11 is 1.22.